The van der Waals surface area contributed by atoms with Crippen LogP contribution in [-0.4, -0.2) is 0 Å². The molecule has 1 heteroatoms. The van der Waals surface area contributed by atoms with E-state index in [4.69, 9.17) is 4.42 Å². The summed E-state index contributed by atoms with van der Waals surface area (Å²) in [6.07, 6.45) is 0. The third-order valence-electron chi connectivity index (χ3n) is 2.78. The topological polar surface area (TPSA) is 13.1 Å². The lowest BCUT2D eigenvalue weighted by atomic mass is 9.94. The van der Waals surface area contributed by atoms with Gasteiger partial charge >= 0.3 is 0 Å². The first-order chi connectivity index (χ1) is 6.45. The van der Waals surface area contributed by atoms with Gasteiger partial charge in [0.2, 0.25) is 0 Å². The van der Waals surface area contributed by atoms with Gasteiger partial charge in [0.05, 0.1) is 0 Å². The molecule has 60 valence electrons. The summed E-state index contributed by atoms with van der Waals surface area (Å²) in [5.74, 6) is 0. The SMILES string of the molecule is c1ccc2c(c1)c1ccc3oc3c21. The Kier molecular flexibility index (Phi) is 0.724. The van der Waals surface area contributed by atoms with Gasteiger partial charge in [-0.1, -0.05) is 24.3 Å². The molecule has 4 rings (SSSR count). The first-order valence-corrected chi connectivity index (χ1v) is 4.40. The Labute approximate surface area is 74.2 Å². The Morgan fingerprint density at radius 1 is 0.769 bits per heavy atom. The van der Waals surface area contributed by atoms with Gasteiger partial charge in [-0.25, -0.2) is 0 Å². The third kappa shape index (κ3) is 0.529. The molecule has 0 unspecified atom stereocenters. The van der Waals surface area contributed by atoms with Gasteiger partial charge in [0.15, 0.2) is 11.2 Å². The lowest BCUT2D eigenvalue weighted by molar-refractivity contribution is 0.759. The van der Waals surface area contributed by atoms with Crippen molar-refractivity contribution in [2.24, 2.45) is 0 Å². The summed E-state index contributed by atoms with van der Waals surface area (Å²) in [6.45, 7) is 0. The van der Waals surface area contributed by atoms with E-state index in [2.05, 4.69) is 30.3 Å². The van der Waals surface area contributed by atoms with Crippen LogP contribution in [0.25, 0.3) is 32.7 Å². The highest BCUT2D eigenvalue weighted by molar-refractivity contribution is 6.32. The molecule has 13 heavy (non-hydrogen) atoms. The highest BCUT2D eigenvalue weighted by Gasteiger charge is 2.18. The van der Waals surface area contributed by atoms with Crippen LogP contribution in [0.2, 0.25) is 0 Å². The summed E-state index contributed by atoms with van der Waals surface area (Å²) >= 11 is 0. The smallest absolute Gasteiger partial charge is 0.178 e. The van der Waals surface area contributed by atoms with Crippen molar-refractivity contribution < 1.29 is 4.42 Å². The van der Waals surface area contributed by atoms with E-state index < -0.39 is 0 Å². The quantitative estimate of drug-likeness (QED) is 0.389. The average Bonchev–Trinajstić information content (AvgIpc) is 2.89. The van der Waals surface area contributed by atoms with Crippen molar-refractivity contribution in [2.75, 3.05) is 0 Å². The number of benzene rings is 2. The molecule has 1 aromatic heterocycles. The molecule has 0 N–H and O–H groups in total. The van der Waals surface area contributed by atoms with Crippen molar-refractivity contribution in [1.82, 2.24) is 0 Å². The van der Waals surface area contributed by atoms with Crippen LogP contribution in [0.5, 0.6) is 0 Å². The molecule has 0 aliphatic carbocycles. The fraction of sp³-hybridized carbons (Fsp3) is 0. The van der Waals surface area contributed by atoms with Crippen LogP contribution >= 0.6 is 0 Å². The Morgan fingerprint density at radius 2 is 1.54 bits per heavy atom. The molecule has 0 bridgehead atoms. The summed E-state index contributed by atoms with van der Waals surface area (Å²) in [6, 6.07) is 12.7. The van der Waals surface area contributed by atoms with Crippen LogP contribution in [0, 0.1) is 0 Å². The number of rotatable bonds is 0. The first-order valence-electron chi connectivity index (χ1n) is 4.40. The predicted molar refractivity (Wildman–Crippen MR) is 53.6 cm³/mol. The number of hydrogen-bond donors (Lipinski definition) is 0. The summed E-state index contributed by atoms with van der Waals surface area (Å²) in [5.41, 5.74) is 2.14. The Balaban J connectivity index is 2.39. The summed E-state index contributed by atoms with van der Waals surface area (Å²) < 4.78 is 5.36. The van der Waals surface area contributed by atoms with Gasteiger partial charge < -0.3 is 4.42 Å². The summed E-state index contributed by atoms with van der Waals surface area (Å²) in [4.78, 5) is 0. The monoisotopic (exact) mass is 166 g/mol. The Morgan fingerprint density at radius 3 is 2.46 bits per heavy atom. The second-order valence-corrected chi connectivity index (χ2v) is 3.46. The lowest BCUT2D eigenvalue weighted by Gasteiger charge is -2.07. The molecule has 0 atom stereocenters. The van der Waals surface area contributed by atoms with E-state index in [0.717, 1.165) is 11.2 Å². The van der Waals surface area contributed by atoms with Crippen molar-refractivity contribution >= 4 is 32.7 Å². The maximum Gasteiger partial charge on any atom is 0.178 e. The molecule has 0 aliphatic rings. The van der Waals surface area contributed by atoms with Crippen LogP contribution in [0.4, 0.5) is 0 Å². The Hall–Kier alpha value is -1.76. The molecule has 4 aromatic rings. The lowest BCUT2D eigenvalue weighted by Crippen LogP contribution is -1.81. The standard InChI is InChI=1S/C12H6O/c1-2-4-8-7(3-1)9-5-6-10-12(13-10)11(8)9/h1-6H. The highest BCUT2D eigenvalue weighted by atomic mass is 16.4. The third-order valence-corrected chi connectivity index (χ3v) is 2.78. The minimum Gasteiger partial charge on any atom is -0.449 e. The zero-order chi connectivity index (χ0) is 8.41. The van der Waals surface area contributed by atoms with Crippen molar-refractivity contribution in [1.29, 1.82) is 0 Å². The van der Waals surface area contributed by atoms with E-state index in [1.165, 1.54) is 21.5 Å². The maximum absolute atomic E-state index is 5.36. The zero-order valence-corrected chi connectivity index (χ0v) is 6.87. The molecule has 0 saturated carbocycles. The van der Waals surface area contributed by atoms with Gasteiger partial charge in [0.1, 0.15) is 0 Å². The molecule has 0 radical (unpaired) electrons. The maximum atomic E-state index is 5.36. The minimum absolute atomic E-state index is 1.05. The van der Waals surface area contributed by atoms with Gasteiger partial charge in [-0.2, -0.15) is 0 Å². The molecule has 0 saturated heterocycles. The van der Waals surface area contributed by atoms with E-state index in [-0.39, 0.29) is 0 Å². The Bertz CT molecular complexity index is 675. The second kappa shape index (κ2) is 1.62. The van der Waals surface area contributed by atoms with Crippen LogP contribution < -0.4 is 0 Å². The molecule has 3 aromatic carbocycles. The van der Waals surface area contributed by atoms with E-state index in [1.54, 1.807) is 0 Å². The van der Waals surface area contributed by atoms with Gasteiger partial charge in [-0.3, -0.25) is 0 Å². The van der Waals surface area contributed by atoms with Gasteiger partial charge in [-0.05, 0) is 28.3 Å². The molecule has 1 heterocycles. The van der Waals surface area contributed by atoms with Crippen molar-refractivity contribution in [3.63, 3.8) is 0 Å². The fourth-order valence-corrected chi connectivity index (χ4v) is 2.10. The first kappa shape index (κ1) is 5.81. The summed E-state index contributed by atoms with van der Waals surface area (Å²) in [5, 5.41) is 5.35. The van der Waals surface area contributed by atoms with Gasteiger partial charge in [-0.15, -0.1) is 0 Å². The van der Waals surface area contributed by atoms with Crippen LogP contribution in [0.1, 0.15) is 0 Å². The number of fused-ring (bicyclic) bond motifs is 6. The molecule has 0 spiro atoms. The molecule has 0 aliphatic heterocycles. The normalized spacial score (nSPS) is 12.6. The van der Waals surface area contributed by atoms with Crippen LogP contribution in [-0.2, 0) is 0 Å². The molecular weight excluding hydrogens is 160 g/mol. The zero-order valence-electron chi connectivity index (χ0n) is 6.87. The van der Waals surface area contributed by atoms with Crippen LogP contribution in [0.3, 0.4) is 0 Å². The number of hydrogen-bond acceptors (Lipinski definition) is 1. The van der Waals surface area contributed by atoms with E-state index >= 15 is 0 Å². The van der Waals surface area contributed by atoms with Gasteiger partial charge in [0.25, 0.3) is 0 Å². The second-order valence-electron chi connectivity index (χ2n) is 3.46. The van der Waals surface area contributed by atoms with Gasteiger partial charge in [0, 0.05) is 5.39 Å². The fourth-order valence-electron chi connectivity index (χ4n) is 2.10. The van der Waals surface area contributed by atoms with Crippen molar-refractivity contribution in [3.8, 4) is 0 Å². The molecule has 0 fully saturated rings. The van der Waals surface area contributed by atoms with Crippen molar-refractivity contribution in [2.45, 2.75) is 0 Å². The molecule has 0 amide bonds. The summed E-state index contributed by atoms with van der Waals surface area (Å²) in [7, 11) is 0. The predicted octanol–water partition coefficient (Wildman–Crippen LogP) is 3.61. The van der Waals surface area contributed by atoms with Crippen molar-refractivity contribution in [3.05, 3.63) is 36.4 Å². The van der Waals surface area contributed by atoms with E-state index in [9.17, 15) is 0 Å². The minimum atomic E-state index is 1.05. The average molecular weight is 166 g/mol. The highest BCUT2D eigenvalue weighted by Crippen LogP contribution is 2.43. The van der Waals surface area contributed by atoms with E-state index in [0.29, 0.717) is 0 Å². The largest absolute Gasteiger partial charge is 0.449 e. The molecule has 1 nitrogen and oxygen atoms in total. The molecular formula is C12H6O. The van der Waals surface area contributed by atoms with E-state index in [1.807, 2.05) is 6.07 Å². The van der Waals surface area contributed by atoms with Crippen LogP contribution in [0.15, 0.2) is 40.8 Å².